The van der Waals surface area contributed by atoms with Crippen molar-refractivity contribution in [3.8, 4) is 11.6 Å². The number of rotatable bonds is 3. The van der Waals surface area contributed by atoms with Crippen molar-refractivity contribution in [2.75, 3.05) is 0 Å². The summed E-state index contributed by atoms with van der Waals surface area (Å²) in [4.78, 5) is 12.5. The van der Waals surface area contributed by atoms with E-state index in [4.69, 9.17) is 10.3 Å². The zero-order valence-corrected chi connectivity index (χ0v) is 10.1. The zero-order valence-electron chi connectivity index (χ0n) is 10.1. The quantitative estimate of drug-likeness (QED) is 0.863. The third-order valence-corrected chi connectivity index (χ3v) is 2.43. The predicted molar refractivity (Wildman–Crippen MR) is 61.8 cm³/mol. The van der Waals surface area contributed by atoms with Crippen molar-refractivity contribution in [3.63, 3.8) is 0 Å². The minimum absolute atomic E-state index is 0.238. The number of nitrogens with zero attached hydrogens (tertiary/aromatic N) is 4. The lowest BCUT2D eigenvalue weighted by Gasteiger charge is -2.08. The van der Waals surface area contributed by atoms with E-state index in [1.54, 1.807) is 12.4 Å². The highest BCUT2D eigenvalue weighted by atomic mass is 16.5. The molecule has 6 heteroatoms. The molecule has 0 radical (unpaired) electrons. The molecule has 0 fully saturated rings. The van der Waals surface area contributed by atoms with E-state index >= 15 is 0 Å². The summed E-state index contributed by atoms with van der Waals surface area (Å²) in [6.45, 7) is 5.91. The van der Waals surface area contributed by atoms with E-state index in [1.807, 2.05) is 20.8 Å². The van der Waals surface area contributed by atoms with Crippen LogP contribution in [0.3, 0.4) is 0 Å². The SMILES string of the molecule is Cc1cnc(-c2noc([C@H](N)C(C)C)n2)nc1. The summed E-state index contributed by atoms with van der Waals surface area (Å²) < 4.78 is 5.11. The molecule has 17 heavy (non-hydrogen) atoms. The molecule has 90 valence electrons. The van der Waals surface area contributed by atoms with Crippen LogP contribution in [-0.4, -0.2) is 20.1 Å². The van der Waals surface area contributed by atoms with E-state index in [9.17, 15) is 0 Å². The van der Waals surface area contributed by atoms with Gasteiger partial charge in [-0.15, -0.1) is 0 Å². The summed E-state index contributed by atoms with van der Waals surface area (Å²) in [7, 11) is 0. The Morgan fingerprint density at radius 3 is 2.41 bits per heavy atom. The van der Waals surface area contributed by atoms with Crippen LogP contribution in [0.25, 0.3) is 11.6 Å². The van der Waals surface area contributed by atoms with Gasteiger partial charge in [0.2, 0.25) is 17.5 Å². The van der Waals surface area contributed by atoms with Crippen LogP contribution in [0.5, 0.6) is 0 Å². The van der Waals surface area contributed by atoms with E-state index in [-0.39, 0.29) is 12.0 Å². The van der Waals surface area contributed by atoms with E-state index in [0.717, 1.165) is 5.56 Å². The molecule has 0 aliphatic rings. The molecule has 2 aromatic rings. The molecule has 0 aliphatic heterocycles. The first-order valence-corrected chi connectivity index (χ1v) is 5.46. The van der Waals surface area contributed by atoms with Crippen molar-refractivity contribution >= 4 is 0 Å². The molecular weight excluding hydrogens is 218 g/mol. The van der Waals surface area contributed by atoms with Crippen LogP contribution in [0.4, 0.5) is 0 Å². The van der Waals surface area contributed by atoms with E-state index < -0.39 is 0 Å². The first-order chi connectivity index (χ1) is 8.08. The maximum atomic E-state index is 5.92. The lowest BCUT2D eigenvalue weighted by Crippen LogP contribution is -2.16. The molecule has 0 aromatic carbocycles. The minimum Gasteiger partial charge on any atom is -0.337 e. The molecule has 0 bridgehead atoms. The second-order valence-electron chi connectivity index (χ2n) is 4.31. The molecule has 0 amide bonds. The van der Waals surface area contributed by atoms with Crippen molar-refractivity contribution in [2.45, 2.75) is 26.8 Å². The molecule has 2 heterocycles. The standard InChI is InChI=1S/C11H15N5O/c1-6(2)8(12)11-15-10(16-17-11)9-13-4-7(3)5-14-9/h4-6,8H,12H2,1-3H3/t8-/m1/s1. The predicted octanol–water partition coefficient (Wildman–Crippen LogP) is 1.49. The Bertz CT molecular complexity index is 491. The zero-order chi connectivity index (χ0) is 12.4. The van der Waals surface area contributed by atoms with E-state index in [1.165, 1.54) is 0 Å². The lowest BCUT2D eigenvalue weighted by atomic mass is 10.1. The van der Waals surface area contributed by atoms with Crippen LogP contribution < -0.4 is 5.73 Å². The van der Waals surface area contributed by atoms with Gasteiger partial charge in [-0.05, 0) is 18.4 Å². The van der Waals surface area contributed by atoms with Crippen LogP contribution in [0, 0.1) is 12.8 Å². The average Bonchev–Trinajstić information content (AvgIpc) is 2.78. The normalized spacial score (nSPS) is 13.0. The van der Waals surface area contributed by atoms with Gasteiger partial charge >= 0.3 is 0 Å². The van der Waals surface area contributed by atoms with Crippen LogP contribution >= 0.6 is 0 Å². The molecule has 0 spiro atoms. The fourth-order valence-corrected chi connectivity index (χ4v) is 1.25. The maximum Gasteiger partial charge on any atom is 0.244 e. The van der Waals surface area contributed by atoms with Gasteiger partial charge in [-0.3, -0.25) is 0 Å². The molecule has 0 aliphatic carbocycles. The van der Waals surface area contributed by atoms with Gasteiger partial charge in [0.25, 0.3) is 0 Å². The highest BCUT2D eigenvalue weighted by Crippen LogP contribution is 2.19. The Balaban J connectivity index is 2.26. The summed E-state index contributed by atoms with van der Waals surface area (Å²) in [6, 6.07) is -0.262. The van der Waals surface area contributed by atoms with Gasteiger partial charge in [-0.1, -0.05) is 19.0 Å². The Morgan fingerprint density at radius 2 is 1.82 bits per heavy atom. The maximum absolute atomic E-state index is 5.92. The second kappa shape index (κ2) is 4.58. The molecule has 6 nitrogen and oxygen atoms in total. The summed E-state index contributed by atoms with van der Waals surface area (Å²) in [5.74, 6) is 1.47. The summed E-state index contributed by atoms with van der Waals surface area (Å²) >= 11 is 0. The molecule has 0 saturated heterocycles. The number of aromatic nitrogens is 4. The van der Waals surface area contributed by atoms with Crippen molar-refractivity contribution in [1.29, 1.82) is 0 Å². The summed E-state index contributed by atoms with van der Waals surface area (Å²) in [5, 5.41) is 3.83. The molecule has 2 aromatic heterocycles. The second-order valence-corrected chi connectivity index (χ2v) is 4.31. The lowest BCUT2D eigenvalue weighted by molar-refractivity contribution is 0.325. The molecule has 2 N–H and O–H groups in total. The Hall–Kier alpha value is -1.82. The van der Waals surface area contributed by atoms with Crippen molar-refractivity contribution in [3.05, 3.63) is 23.8 Å². The fraction of sp³-hybridized carbons (Fsp3) is 0.455. The topological polar surface area (TPSA) is 90.7 Å². The number of nitrogens with two attached hydrogens (primary N) is 1. The van der Waals surface area contributed by atoms with Crippen molar-refractivity contribution in [2.24, 2.45) is 11.7 Å². The smallest absolute Gasteiger partial charge is 0.244 e. The van der Waals surface area contributed by atoms with Gasteiger partial charge in [0.15, 0.2) is 0 Å². The third-order valence-electron chi connectivity index (χ3n) is 2.43. The van der Waals surface area contributed by atoms with Crippen LogP contribution in [-0.2, 0) is 0 Å². The number of hydrogen-bond donors (Lipinski definition) is 1. The van der Waals surface area contributed by atoms with E-state index in [0.29, 0.717) is 17.5 Å². The highest BCUT2D eigenvalue weighted by molar-refractivity contribution is 5.41. The van der Waals surface area contributed by atoms with Crippen LogP contribution in [0.15, 0.2) is 16.9 Å². The van der Waals surface area contributed by atoms with Gasteiger partial charge in [0.05, 0.1) is 6.04 Å². The Labute approximate surface area is 99.3 Å². The van der Waals surface area contributed by atoms with Crippen molar-refractivity contribution in [1.82, 2.24) is 20.1 Å². The van der Waals surface area contributed by atoms with Gasteiger partial charge in [0, 0.05) is 12.4 Å². The summed E-state index contributed by atoms with van der Waals surface area (Å²) in [6.07, 6.45) is 3.42. The van der Waals surface area contributed by atoms with Crippen molar-refractivity contribution < 1.29 is 4.52 Å². The molecule has 0 saturated carbocycles. The fourth-order valence-electron chi connectivity index (χ4n) is 1.25. The van der Waals surface area contributed by atoms with E-state index in [2.05, 4.69) is 20.1 Å². The molecular formula is C11H15N5O. The first kappa shape index (κ1) is 11.7. The molecule has 2 rings (SSSR count). The number of aryl methyl sites for hydroxylation is 1. The Morgan fingerprint density at radius 1 is 1.18 bits per heavy atom. The van der Waals surface area contributed by atoms with Gasteiger partial charge in [-0.25, -0.2) is 9.97 Å². The van der Waals surface area contributed by atoms with Crippen LogP contribution in [0.2, 0.25) is 0 Å². The molecule has 0 unspecified atom stereocenters. The van der Waals surface area contributed by atoms with Gasteiger partial charge in [-0.2, -0.15) is 4.98 Å². The average molecular weight is 233 g/mol. The minimum atomic E-state index is -0.262. The van der Waals surface area contributed by atoms with Gasteiger partial charge in [0.1, 0.15) is 0 Å². The van der Waals surface area contributed by atoms with Gasteiger partial charge < -0.3 is 10.3 Å². The monoisotopic (exact) mass is 233 g/mol. The number of hydrogen-bond acceptors (Lipinski definition) is 6. The first-order valence-electron chi connectivity index (χ1n) is 5.46. The third kappa shape index (κ3) is 2.47. The summed E-state index contributed by atoms with van der Waals surface area (Å²) in [5.41, 5.74) is 6.90. The largest absolute Gasteiger partial charge is 0.337 e. The Kier molecular flexibility index (Phi) is 3.14. The van der Waals surface area contributed by atoms with Crippen LogP contribution in [0.1, 0.15) is 31.3 Å². The molecule has 1 atom stereocenters. The highest BCUT2D eigenvalue weighted by Gasteiger charge is 2.19.